The number of anilines is 1. The molecule has 0 saturated carbocycles. The second kappa shape index (κ2) is 7.55. The van der Waals surface area contributed by atoms with Gasteiger partial charge in [0.25, 0.3) is 0 Å². The Morgan fingerprint density at radius 1 is 1.26 bits per heavy atom. The number of fused-ring (bicyclic) bond motifs is 1. The standard InChI is InChI=1S/C17H26N4OS/c1-19(2)23-21-10-8-20(9-11-21)17(22)13-14-5-6-16-15(12-14)4-3-7-18-16/h5-6,12,18H,3-4,7-11,13H2,1-2H3. The molecule has 0 radical (unpaired) electrons. The molecule has 0 aliphatic carbocycles. The SMILES string of the molecule is CN(C)SN1CCN(C(=O)Cc2ccc3c(c2)CCCN3)CC1. The number of piperazine rings is 1. The first-order valence-electron chi connectivity index (χ1n) is 8.35. The van der Waals surface area contributed by atoms with Crippen LogP contribution in [0.3, 0.4) is 0 Å². The number of carbonyl (C=O) groups is 1. The van der Waals surface area contributed by atoms with Crippen molar-refractivity contribution in [2.75, 3.05) is 52.1 Å². The maximum absolute atomic E-state index is 12.5. The largest absolute Gasteiger partial charge is 0.385 e. The van der Waals surface area contributed by atoms with E-state index in [0.29, 0.717) is 6.42 Å². The minimum atomic E-state index is 0.253. The second-order valence-corrected chi connectivity index (χ2v) is 7.81. The van der Waals surface area contributed by atoms with Crippen molar-refractivity contribution >= 4 is 23.7 Å². The monoisotopic (exact) mass is 334 g/mol. The lowest BCUT2D eigenvalue weighted by molar-refractivity contribution is -0.131. The van der Waals surface area contributed by atoms with Crippen LogP contribution in [0.25, 0.3) is 0 Å². The Morgan fingerprint density at radius 3 is 2.78 bits per heavy atom. The van der Waals surface area contributed by atoms with Crippen molar-refractivity contribution in [1.29, 1.82) is 0 Å². The van der Waals surface area contributed by atoms with Crippen LogP contribution in [0, 0.1) is 0 Å². The third kappa shape index (κ3) is 4.40. The van der Waals surface area contributed by atoms with Gasteiger partial charge in [0.2, 0.25) is 5.91 Å². The molecule has 0 unspecified atom stereocenters. The van der Waals surface area contributed by atoms with Crippen LogP contribution in [0.5, 0.6) is 0 Å². The second-order valence-electron chi connectivity index (χ2n) is 6.40. The van der Waals surface area contributed by atoms with E-state index in [-0.39, 0.29) is 5.91 Å². The summed E-state index contributed by atoms with van der Waals surface area (Å²) in [6.45, 7) is 4.57. The molecular formula is C17H26N4OS. The van der Waals surface area contributed by atoms with Gasteiger partial charge in [-0.15, -0.1) is 0 Å². The maximum atomic E-state index is 12.5. The normalized spacial score (nSPS) is 18.7. The third-order valence-corrected chi connectivity index (χ3v) is 5.26. The highest BCUT2D eigenvalue weighted by molar-refractivity contribution is 7.94. The Balaban J connectivity index is 1.53. The van der Waals surface area contributed by atoms with Crippen molar-refractivity contribution in [3.8, 4) is 0 Å². The number of benzene rings is 1. The minimum absolute atomic E-state index is 0.253. The molecule has 3 rings (SSSR count). The number of rotatable bonds is 4. The van der Waals surface area contributed by atoms with Crippen LogP contribution < -0.4 is 5.32 Å². The summed E-state index contributed by atoms with van der Waals surface area (Å²) < 4.78 is 4.41. The van der Waals surface area contributed by atoms with Gasteiger partial charge in [-0.1, -0.05) is 12.1 Å². The van der Waals surface area contributed by atoms with Crippen molar-refractivity contribution in [2.24, 2.45) is 0 Å². The van der Waals surface area contributed by atoms with E-state index in [0.717, 1.165) is 44.7 Å². The summed E-state index contributed by atoms with van der Waals surface area (Å²) in [7, 11) is 4.10. The van der Waals surface area contributed by atoms with E-state index in [9.17, 15) is 4.79 Å². The predicted molar refractivity (Wildman–Crippen MR) is 96.4 cm³/mol. The van der Waals surface area contributed by atoms with Crippen molar-refractivity contribution in [3.05, 3.63) is 29.3 Å². The summed E-state index contributed by atoms with van der Waals surface area (Å²) in [6.07, 6.45) is 2.81. The quantitative estimate of drug-likeness (QED) is 0.851. The van der Waals surface area contributed by atoms with Gasteiger partial charge in [0.1, 0.15) is 0 Å². The molecule has 1 aromatic carbocycles. The molecule has 0 spiro atoms. The van der Waals surface area contributed by atoms with Crippen LogP contribution in [-0.4, -0.2) is 66.2 Å². The first kappa shape index (κ1) is 16.6. The van der Waals surface area contributed by atoms with Gasteiger partial charge in [0, 0.05) is 50.5 Å². The number of nitrogens with zero attached hydrogens (tertiary/aromatic N) is 3. The summed E-state index contributed by atoms with van der Waals surface area (Å²) >= 11 is 1.73. The highest BCUT2D eigenvalue weighted by Gasteiger charge is 2.22. The van der Waals surface area contributed by atoms with Crippen LogP contribution in [0.2, 0.25) is 0 Å². The van der Waals surface area contributed by atoms with Crippen LogP contribution in [0.4, 0.5) is 5.69 Å². The minimum Gasteiger partial charge on any atom is -0.385 e. The van der Waals surface area contributed by atoms with E-state index in [1.165, 1.54) is 17.7 Å². The van der Waals surface area contributed by atoms with Gasteiger partial charge in [0.05, 0.1) is 6.42 Å². The summed E-state index contributed by atoms with van der Waals surface area (Å²) in [5.74, 6) is 0.253. The first-order chi connectivity index (χ1) is 11.1. The molecule has 2 aliphatic heterocycles. The Bertz CT molecular complexity index is 556. The topological polar surface area (TPSA) is 38.8 Å². The van der Waals surface area contributed by atoms with Crippen molar-refractivity contribution in [2.45, 2.75) is 19.3 Å². The van der Waals surface area contributed by atoms with E-state index >= 15 is 0 Å². The van der Waals surface area contributed by atoms with E-state index in [4.69, 9.17) is 0 Å². The highest BCUT2D eigenvalue weighted by Crippen LogP contribution is 2.23. The molecule has 1 amide bonds. The molecule has 6 heteroatoms. The van der Waals surface area contributed by atoms with E-state index < -0.39 is 0 Å². The number of nitrogens with one attached hydrogen (secondary N) is 1. The Kier molecular flexibility index (Phi) is 5.46. The van der Waals surface area contributed by atoms with Crippen LogP contribution >= 0.6 is 12.1 Å². The number of hydrogen-bond donors (Lipinski definition) is 1. The van der Waals surface area contributed by atoms with Crippen molar-refractivity contribution in [1.82, 2.24) is 13.5 Å². The summed E-state index contributed by atoms with van der Waals surface area (Å²) in [4.78, 5) is 14.5. The lowest BCUT2D eigenvalue weighted by Gasteiger charge is -2.34. The van der Waals surface area contributed by atoms with Crippen molar-refractivity contribution < 1.29 is 4.79 Å². The summed E-state index contributed by atoms with van der Waals surface area (Å²) in [5, 5.41) is 3.42. The lowest BCUT2D eigenvalue weighted by atomic mass is 9.99. The molecule has 1 N–H and O–H groups in total. The van der Waals surface area contributed by atoms with Gasteiger partial charge in [-0.05, 0) is 44.1 Å². The number of carbonyl (C=O) groups excluding carboxylic acids is 1. The average Bonchev–Trinajstić information content (AvgIpc) is 2.55. The van der Waals surface area contributed by atoms with Gasteiger partial charge >= 0.3 is 0 Å². The molecule has 126 valence electrons. The number of hydrogen-bond acceptors (Lipinski definition) is 5. The first-order valence-corrected chi connectivity index (χ1v) is 9.08. The molecule has 1 fully saturated rings. The molecule has 2 heterocycles. The van der Waals surface area contributed by atoms with E-state index in [2.05, 4.69) is 32.1 Å². The zero-order valence-electron chi connectivity index (χ0n) is 14.0. The van der Waals surface area contributed by atoms with Gasteiger partial charge in [-0.3, -0.25) is 4.79 Å². The van der Waals surface area contributed by atoms with Gasteiger partial charge < -0.3 is 10.2 Å². The van der Waals surface area contributed by atoms with Crippen LogP contribution in [-0.2, 0) is 17.6 Å². The van der Waals surface area contributed by atoms with Gasteiger partial charge in [0.15, 0.2) is 0 Å². The zero-order valence-corrected chi connectivity index (χ0v) is 14.9. The van der Waals surface area contributed by atoms with Gasteiger partial charge in [-0.25, -0.2) is 8.61 Å². The van der Waals surface area contributed by atoms with Crippen LogP contribution in [0.15, 0.2) is 18.2 Å². The third-order valence-electron chi connectivity index (χ3n) is 4.33. The Labute approximate surface area is 143 Å². The van der Waals surface area contributed by atoms with E-state index in [1.807, 2.05) is 19.0 Å². The molecule has 0 atom stereocenters. The average molecular weight is 334 g/mol. The summed E-state index contributed by atoms with van der Waals surface area (Å²) in [5.41, 5.74) is 3.73. The number of amides is 1. The summed E-state index contributed by atoms with van der Waals surface area (Å²) in [6, 6.07) is 6.42. The van der Waals surface area contributed by atoms with E-state index in [1.54, 1.807) is 12.1 Å². The zero-order chi connectivity index (χ0) is 16.2. The molecule has 23 heavy (non-hydrogen) atoms. The fourth-order valence-electron chi connectivity index (χ4n) is 3.17. The van der Waals surface area contributed by atoms with Gasteiger partial charge in [-0.2, -0.15) is 0 Å². The Morgan fingerprint density at radius 2 is 2.04 bits per heavy atom. The molecular weight excluding hydrogens is 308 g/mol. The molecule has 0 bridgehead atoms. The smallest absolute Gasteiger partial charge is 0.227 e. The fraction of sp³-hybridized carbons (Fsp3) is 0.588. The predicted octanol–water partition coefficient (Wildman–Crippen LogP) is 1.86. The molecule has 0 aromatic heterocycles. The lowest BCUT2D eigenvalue weighted by Crippen LogP contribution is -2.47. The van der Waals surface area contributed by atoms with Crippen LogP contribution in [0.1, 0.15) is 17.5 Å². The molecule has 5 nitrogen and oxygen atoms in total. The molecule has 2 aliphatic rings. The maximum Gasteiger partial charge on any atom is 0.227 e. The fourth-order valence-corrected chi connectivity index (χ4v) is 3.96. The molecule has 1 saturated heterocycles. The number of aryl methyl sites for hydroxylation is 1. The molecule has 1 aromatic rings. The highest BCUT2D eigenvalue weighted by atomic mass is 32.2. The van der Waals surface area contributed by atoms with Crippen molar-refractivity contribution in [3.63, 3.8) is 0 Å². The Hall–Kier alpha value is -1.24.